The normalized spacial score (nSPS) is 13.9. The number of nitrogens with one attached hydrogen (secondary N) is 3. The van der Waals surface area contributed by atoms with E-state index >= 15 is 0 Å². The van der Waals surface area contributed by atoms with Crippen LogP contribution in [0.2, 0.25) is 0 Å². The molecular weight excluding hydrogens is 448 g/mol. The van der Waals surface area contributed by atoms with E-state index in [2.05, 4.69) is 25.3 Å². The zero-order valence-corrected chi connectivity index (χ0v) is 19.5. The van der Waals surface area contributed by atoms with Crippen molar-refractivity contribution in [3.63, 3.8) is 0 Å². The van der Waals surface area contributed by atoms with Gasteiger partial charge in [-0.3, -0.25) is 20.5 Å². The summed E-state index contributed by atoms with van der Waals surface area (Å²) in [5.41, 5.74) is 1.80. The molecule has 0 radical (unpaired) electrons. The van der Waals surface area contributed by atoms with Crippen molar-refractivity contribution < 1.29 is 14.3 Å². The molecule has 1 fully saturated rings. The molecule has 11 nitrogen and oxygen atoms in total. The third kappa shape index (κ3) is 6.34. The van der Waals surface area contributed by atoms with Gasteiger partial charge in [0.1, 0.15) is 23.6 Å². The van der Waals surface area contributed by atoms with Crippen LogP contribution in [0.3, 0.4) is 0 Å². The van der Waals surface area contributed by atoms with E-state index in [0.29, 0.717) is 18.2 Å². The Morgan fingerprint density at radius 1 is 1.17 bits per heavy atom. The second-order valence-corrected chi connectivity index (χ2v) is 7.96. The Labute approximate surface area is 202 Å². The molecule has 1 saturated heterocycles. The van der Waals surface area contributed by atoms with Gasteiger partial charge in [0, 0.05) is 38.7 Å². The highest BCUT2D eigenvalue weighted by Crippen LogP contribution is 2.18. The van der Waals surface area contributed by atoms with Crippen molar-refractivity contribution in [3.8, 4) is 17.1 Å². The van der Waals surface area contributed by atoms with Crippen LogP contribution in [0.25, 0.3) is 11.4 Å². The maximum atomic E-state index is 11.9. The van der Waals surface area contributed by atoms with Gasteiger partial charge in [-0.15, -0.1) is 0 Å². The van der Waals surface area contributed by atoms with Gasteiger partial charge in [-0.1, -0.05) is 18.2 Å². The zero-order valence-electron chi connectivity index (χ0n) is 19.5. The van der Waals surface area contributed by atoms with E-state index in [1.54, 1.807) is 12.4 Å². The number of benzene rings is 1. The second-order valence-electron chi connectivity index (χ2n) is 7.96. The van der Waals surface area contributed by atoms with Gasteiger partial charge in [-0.2, -0.15) is 5.10 Å². The van der Waals surface area contributed by atoms with E-state index in [1.807, 2.05) is 24.3 Å². The maximum absolute atomic E-state index is 11.9. The van der Waals surface area contributed by atoms with Gasteiger partial charge in [-0.25, -0.2) is 14.6 Å². The fourth-order valence-electron chi connectivity index (χ4n) is 3.62. The number of aromatic nitrogens is 4. The minimum absolute atomic E-state index is 0.0198. The van der Waals surface area contributed by atoms with Crippen molar-refractivity contribution in [2.45, 2.75) is 6.42 Å². The molecule has 11 heteroatoms. The number of carbonyl (C=O) groups excluding carboxylic acids is 1. The summed E-state index contributed by atoms with van der Waals surface area (Å²) in [5.74, 6) is 0.857. The van der Waals surface area contributed by atoms with Crippen LogP contribution in [-0.4, -0.2) is 82.9 Å². The smallest absolute Gasteiger partial charge is 0.271 e. The van der Waals surface area contributed by atoms with Crippen LogP contribution < -0.4 is 15.5 Å². The number of rotatable bonds is 8. The lowest BCUT2D eigenvalue weighted by Crippen LogP contribution is -2.38. The quantitative estimate of drug-likeness (QED) is 0.325. The van der Waals surface area contributed by atoms with Crippen molar-refractivity contribution in [2.24, 2.45) is 0 Å². The molecule has 0 spiro atoms. The molecule has 0 atom stereocenters. The number of hydrogen-bond acceptors (Lipinski definition) is 9. The fourth-order valence-corrected chi connectivity index (χ4v) is 3.62. The summed E-state index contributed by atoms with van der Waals surface area (Å²) in [4.78, 5) is 23.0. The average molecular weight is 477 g/mol. The first-order valence-corrected chi connectivity index (χ1v) is 11.3. The molecular formula is C24H28N8O3. The Balaban J connectivity index is 1.39. The first-order valence-electron chi connectivity index (χ1n) is 11.3. The first-order chi connectivity index (χ1) is 17.0. The number of nitrogens with zero attached hydrogens (tertiary/aromatic N) is 5. The molecule has 3 aromatic rings. The van der Waals surface area contributed by atoms with E-state index in [-0.39, 0.29) is 29.3 Å². The molecule has 1 aliphatic heterocycles. The molecule has 0 unspecified atom stereocenters. The van der Waals surface area contributed by atoms with Crippen molar-refractivity contribution in [1.29, 1.82) is 10.8 Å². The van der Waals surface area contributed by atoms with Crippen molar-refractivity contribution >= 4 is 11.7 Å². The zero-order chi connectivity index (χ0) is 24.6. The van der Waals surface area contributed by atoms with Crippen LogP contribution in [0.1, 0.15) is 16.1 Å². The minimum atomic E-state index is -0.376. The van der Waals surface area contributed by atoms with Gasteiger partial charge >= 0.3 is 0 Å². The number of carbonyl (C=O) groups is 1. The molecule has 4 rings (SSSR count). The summed E-state index contributed by atoms with van der Waals surface area (Å²) in [6.45, 7) is 4.76. The highest BCUT2D eigenvalue weighted by Gasteiger charge is 2.12. The molecule has 1 aliphatic rings. The molecule has 3 heterocycles. The summed E-state index contributed by atoms with van der Waals surface area (Å²) in [6, 6.07) is 10.5. The minimum Gasteiger partial charge on any atom is -0.489 e. The Morgan fingerprint density at radius 2 is 1.94 bits per heavy atom. The Morgan fingerprint density at radius 3 is 2.69 bits per heavy atom. The molecule has 1 amide bonds. The van der Waals surface area contributed by atoms with E-state index in [9.17, 15) is 4.79 Å². The van der Waals surface area contributed by atoms with Gasteiger partial charge in [0.05, 0.1) is 25.6 Å². The Hall–Kier alpha value is -3.96. The largest absolute Gasteiger partial charge is 0.489 e. The molecule has 3 N–H and O–H groups in total. The van der Waals surface area contributed by atoms with E-state index in [0.717, 1.165) is 48.7 Å². The van der Waals surface area contributed by atoms with E-state index in [4.69, 9.17) is 20.3 Å². The molecule has 1 aromatic carbocycles. The van der Waals surface area contributed by atoms with Gasteiger partial charge in [-0.05, 0) is 23.8 Å². The van der Waals surface area contributed by atoms with Crippen molar-refractivity contribution in [3.05, 3.63) is 65.5 Å². The molecule has 0 aliphatic carbocycles. The van der Waals surface area contributed by atoms with Crippen molar-refractivity contribution in [1.82, 2.24) is 30.0 Å². The van der Waals surface area contributed by atoms with Crippen LogP contribution >= 0.6 is 0 Å². The van der Waals surface area contributed by atoms with E-state index in [1.165, 1.54) is 19.2 Å². The third-order valence-corrected chi connectivity index (χ3v) is 5.52. The summed E-state index contributed by atoms with van der Waals surface area (Å²) in [7, 11) is 1.51. The van der Waals surface area contributed by atoms with Crippen LogP contribution in [0.15, 0.2) is 48.8 Å². The van der Waals surface area contributed by atoms with E-state index < -0.39 is 0 Å². The number of hydrogen-bond donors (Lipinski definition) is 3. The summed E-state index contributed by atoms with van der Waals surface area (Å²) >= 11 is 0. The molecule has 0 saturated carbocycles. The molecule has 182 valence electrons. The van der Waals surface area contributed by atoms with Gasteiger partial charge in [0.25, 0.3) is 5.91 Å². The van der Waals surface area contributed by atoms with Crippen LogP contribution in [0.5, 0.6) is 5.75 Å². The monoisotopic (exact) mass is 476 g/mol. The van der Waals surface area contributed by atoms with Crippen LogP contribution in [0, 0.1) is 10.8 Å². The topological polar surface area (TPSA) is 142 Å². The average Bonchev–Trinajstić information content (AvgIpc) is 2.89. The van der Waals surface area contributed by atoms with Gasteiger partial charge in [0.15, 0.2) is 11.6 Å². The lowest BCUT2D eigenvalue weighted by atomic mass is 10.1. The predicted octanol–water partition coefficient (Wildman–Crippen LogP) is 0.958. The highest BCUT2D eigenvalue weighted by molar-refractivity contribution is 5.92. The predicted molar refractivity (Wildman–Crippen MR) is 129 cm³/mol. The summed E-state index contributed by atoms with van der Waals surface area (Å²) in [6.07, 6.45) is 3.54. The van der Waals surface area contributed by atoms with Crippen molar-refractivity contribution in [2.75, 3.05) is 46.5 Å². The van der Waals surface area contributed by atoms with Crippen LogP contribution in [-0.2, 0) is 11.2 Å². The second kappa shape index (κ2) is 11.4. The number of amides is 1. The Bertz CT molecular complexity index is 1240. The standard InChI is InChI=1S/C24H28N8O3/c1-27-24(33)20-5-6-21(25)32(30-20)22(26)14-17-3-2-4-18(13-17)23-28-15-19(16-29-23)35-12-9-31-7-10-34-11-8-31/h2-6,13,15-16,25-26H,7-12,14H2,1H3,(H,27,33). The fraction of sp³-hybridized carbons (Fsp3) is 0.333. The number of ether oxygens (including phenoxy) is 2. The maximum Gasteiger partial charge on any atom is 0.271 e. The Kier molecular flexibility index (Phi) is 7.91. The molecule has 2 aromatic heterocycles. The lowest BCUT2D eigenvalue weighted by Gasteiger charge is -2.26. The highest BCUT2D eigenvalue weighted by atomic mass is 16.5. The van der Waals surface area contributed by atoms with Crippen LogP contribution in [0.4, 0.5) is 0 Å². The third-order valence-electron chi connectivity index (χ3n) is 5.52. The number of morpholine rings is 1. The lowest BCUT2D eigenvalue weighted by molar-refractivity contribution is 0.0322. The summed E-state index contributed by atoms with van der Waals surface area (Å²) < 4.78 is 12.3. The summed E-state index contributed by atoms with van der Waals surface area (Å²) in [5, 5.41) is 23.1. The first kappa shape index (κ1) is 24.2. The molecule has 35 heavy (non-hydrogen) atoms. The SMILES string of the molecule is CNC(=O)c1ccc(=N)n(C(=N)Cc2cccc(-c3ncc(OCCN4CCOCC4)cn3)c2)n1. The van der Waals surface area contributed by atoms with Gasteiger partial charge < -0.3 is 14.8 Å². The molecule has 0 bridgehead atoms. The van der Waals surface area contributed by atoms with Gasteiger partial charge in [0.2, 0.25) is 0 Å².